The summed E-state index contributed by atoms with van der Waals surface area (Å²) in [5.74, 6) is 1.58. The summed E-state index contributed by atoms with van der Waals surface area (Å²) in [5.41, 5.74) is 11.0. The van der Waals surface area contributed by atoms with E-state index in [1.165, 1.54) is 47.8 Å². The van der Waals surface area contributed by atoms with Gasteiger partial charge in [-0.1, -0.05) is 64.1 Å². The number of carbonyl (C=O) groups is 4. The van der Waals surface area contributed by atoms with Crippen molar-refractivity contribution in [3.63, 3.8) is 0 Å². The number of rotatable bonds is 12. The standard InChI is InChI=1S/C49H58N8O6/c1-26(2)42(54-48(60)61)46(58)56-22-6-8-39(56)44-50-35-20-16-31(24-37(35)52-44)33-18-19-34(41(33)30-14-12-29(13-15-30)28-10-11-28)32-17-21-36-38(25-32)53-45(51-36)40-9-7-23-57(40)47(59)43(27(3)4)55-49(62)63-5/h12-17,20-21,24-28,34,39-40,42-43,54H,6-11,18-19,22-23H2,1-5H3,(H,50,52)(H,51,53)(H,55,62)(H,60,61)/t34?,39-,40-,42-,43-/m0/s1. The van der Waals surface area contributed by atoms with E-state index in [2.05, 4.69) is 81.3 Å². The predicted octanol–water partition coefficient (Wildman–Crippen LogP) is 8.80. The van der Waals surface area contributed by atoms with Crippen LogP contribution in [-0.2, 0) is 14.3 Å². The quantitative estimate of drug-likeness (QED) is 0.0824. The van der Waals surface area contributed by atoms with Gasteiger partial charge in [0.15, 0.2) is 0 Å². The molecule has 14 heteroatoms. The van der Waals surface area contributed by atoms with Gasteiger partial charge in [-0.3, -0.25) is 9.59 Å². The Hall–Kier alpha value is -6.18. The van der Waals surface area contributed by atoms with Crippen LogP contribution in [0.4, 0.5) is 9.59 Å². The van der Waals surface area contributed by atoms with Gasteiger partial charge < -0.3 is 40.2 Å². The van der Waals surface area contributed by atoms with E-state index < -0.39 is 24.3 Å². The summed E-state index contributed by atoms with van der Waals surface area (Å²) in [7, 11) is 1.30. The summed E-state index contributed by atoms with van der Waals surface area (Å²) in [6.07, 6.45) is 5.66. The summed E-state index contributed by atoms with van der Waals surface area (Å²) in [6.45, 7) is 8.67. The van der Waals surface area contributed by atoms with E-state index in [9.17, 15) is 24.3 Å². The number of likely N-dealkylation sites (tertiary alicyclic amines) is 2. The molecule has 5 N–H and O–H groups in total. The van der Waals surface area contributed by atoms with E-state index in [4.69, 9.17) is 14.7 Å². The Kier molecular flexibility index (Phi) is 11.5. The van der Waals surface area contributed by atoms with Gasteiger partial charge in [0.25, 0.3) is 0 Å². The van der Waals surface area contributed by atoms with E-state index in [-0.39, 0.29) is 41.7 Å². The minimum atomic E-state index is -1.21. The lowest BCUT2D eigenvalue weighted by atomic mass is 9.86. The predicted molar refractivity (Wildman–Crippen MR) is 241 cm³/mol. The highest BCUT2D eigenvalue weighted by Gasteiger charge is 2.39. The van der Waals surface area contributed by atoms with Crippen molar-refractivity contribution in [3.05, 3.63) is 94.6 Å². The molecular formula is C49H58N8O6. The van der Waals surface area contributed by atoms with Crippen LogP contribution in [0.5, 0.6) is 0 Å². The third-order valence-electron chi connectivity index (χ3n) is 13.7. The van der Waals surface area contributed by atoms with E-state index in [0.29, 0.717) is 19.0 Å². The Balaban J connectivity index is 1.03. The first-order chi connectivity index (χ1) is 30.4. The van der Waals surface area contributed by atoms with Crippen molar-refractivity contribution in [1.29, 1.82) is 0 Å². The molecule has 63 heavy (non-hydrogen) atoms. The number of aromatic nitrogens is 4. The largest absolute Gasteiger partial charge is 0.465 e. The van der Waals surface area contributed by atoms with Gasteiger partial charge in [0, 0.05) is 19.0 Å². The van der Waals surface area contributed by atoms with Crippen LogP contribution < -0.4 is 10.6 Å². The number of nitrogens with zero attached hydrogens (tertiary/aromatic N) is 4. The number of alkyl carbamates (subject to hydrolysis) is 1. The first-order valence-electron chi connectivity index (χ1n) is 22.7. The average Bonchev–Trinajstić information content (AvgIpc) is 3.81. The lowest BCUT2D eigenvalue weighted by Crippen LogP contribution is -2.51. The number of aromatic amines is 2. The normalized spacial score (nSPS) is 21.2. The molecule has 2 aliphatic carbocycles. The van der Waals surface area contributed by atoms with E-state index >= 15 is 0 Å². The molecule has 3 fully saturated rings. The van der Waals surface area contributed by atoms with Crippen LogP contribution in [0.1, 0.15) is 137 Å². The number of hydrogen-bond donors (Lipinski definition) is 5. The molecule has 0 spiro atoms. The van der Waals surface area contributed by atoms with Gasteiger partial charge >= 0.3 is 12.2 Å². The monoisotopic (exact) mass is 854 g/mol. The fourth-order valence-corrected chi connectivity index (χ4v) is 10.3. The minimum absolute atomic E-state index is 0.118. The number of nitrogens with one attached hydrogen (secondary N) is 4. The molecule has 9 rings (SSSR count). The summed E-state index contributed by atoms with van der Waals surface area (Å²) < 4.78 is 4.83. The van der Waals surface area contributed by atoms with Crippen LogP contribution in [0.25, 0.3) is 33.2 Å². The number of ether oxygens (including phenoxy) is 1. The number of carbonyl (C=O) groups excluding carboxylic acids is 3. The molecule has 3 aromatic carbocycles. The molecule has 0 radical (unpaired) electrons. The Morgan fingerprint density at radius 3 is 1.79 bits per heavy atom. The molecule has 4 aliphatic rings. The number of fused-ring (bicyclic) bond motifs is 2. The minimum Gasteiger partial charge on any atom is -0.465 e. The van der Waals surface area contributed by atoms with E-state index in [0.717, 1.165) is 77.8 Å². The maximum absolute atomic E-state index is 13.9. The fourth-order valence-electron chi connectivity index (χ4n) is 10.3. The first-order valence-corrected chi connectivity index (χ1v) is 22.7. The topological polar surface area (TPSA) is 186 Å². The third-order valence-corrected chi connectivity index (χ3v) is 13.7. The zero-order valence-corrected chi connectivity index (χ0v) is 36.7. The number of hydrogen-bond acceptors (Lipinski definition) is 7. The van der Waals surface area contributed by atoms with Gasteiger partial charge in [0.2, 0.25) is 11.8 Å². The van der Waals surface area contributed by atoms with Crippen LogP contribution in [0.2, 0.25) is 0 Å². The highest BCUT2D eigenvalue weighted by Crippen LogP contribution is 2.50. The molecule has 2 aromatic heterocycles. The Morgan fingerprint density at radius 1 is 0.698 bits per heavy atom. The van der Waals surface area contributed by atoms with Gasteiger partial charge in [-0.25, -0.2) is 19.6 Å². The van der Waals surface area contributed by atoms with Gasteiger partial charge in [-0.05, 0) is 127 Å². The van der Waals surface area contributed by atoms with Crippen LogP contribution in [0.3, 0.4) is 0 Å². The summed E-state index contributed by atoms with van der Waals surface area (Å²) in [4.78, 5) is 72.1. The van der Waals surface area contributed by atoms with Crippen molar-refractivity contribution in [3.8, 4) is 0 Å². The lowest BCUT2D eigenvalue weighted by molar-refractivity contribution is -0.136. The molecule has 4 amide bonds. The summed E-state index contributed by atoms with van der Waals surface area (Å²) in [5, 5.41) is 14.6. The van der Waals surface area contributed by atoms with Crippen molar-refractivity contribution < 1.29 is 29.0 Å². The molecule has 5 atom stereocenters. The second-order valence-electron chi connectivity index (χ2n) is 18.5. The molecule has 1 saturated carbocycles. The number of H-pyrrole nitrogens is 2. The molecule has 2 saturated heterocycles. The molecule has 330 valence electrons. The Labute approximate surface area is 367 Å². The number of carboxylic acid groups (broad SMARTS) is 1. The summed E-state index contributed by atoms with van der Waals surface area (Å²) >= 11 is 0. The number of allylic oxidation sites excluding steroid dienone is 2. The molecule has 0 bridgehead atoms. The molecule has 14 nitrogen and oxygen atoms in total. The van der Waals surface area contributed by atoms with E-state index in [1.54, 1.807) is 4.90 Å². The van der Waals surface area contributed by atoms with Gasteiger partial charge in [-0.2, -0.15) is 0 Å². The number of amides is 4. The average molecular weight is 855 g/mol. The van der Waals surface area contributed by atoms with Crippen LogP contribution in [-0.4, -0.2) is 91.1 Å². The smallest absolute Gasteiger partial charge is 0.407 e. The van der Waals surface area contributed by atoms with Crippen molar-refractivity contribution in [2.24, 2.45) is 11.8 Å². The fraction of sp³-hybridized carbons (Fsp3) is 0.469. The molecule has 5 aromatic rings. The van der Waals surface area contributed by atoms with Gasteiger partial charge in [0.1, 0.15) is 23.7 Å². The molecule has 4 heterocycles. The van der Waals surface area contributed by atoms with Crippen LogP contribution in [0, 0.1) is 11.8 Å². The van der Waals surface area contributed by atoms with Crippen molar-refractivity contribution >= 4 is 57.2 Å². The first kappa shape index (κ1) is 42.1. The second-order valence-corrected chi connectivity index (χ2v) is 18.5. The zero-order valence-electron chi connectivity index (χ0n) is 36.7. The maximum atomic E-state index is 13.9. The van der Waals surface area contributed by atoms with Crippen molar-refractivity contribution in [2.45, 2.75) is 115 Å². The molecule has 2 aliphatic heterocycles. The van der Waals surface area contributed by atoms with Gasteiger partial charge in [-0.15, -0.1) is 0 Å². The van der Waals surface area contributed by atoms with Crippen LogP contribution in [0.15, 0.2) is 60.7 Å². The Morgan fingerprint density at radius 2 is 1.24 bits per heavy atom. The van der Waals surface area contributed by atoms with Crippen LogP contribution >= 0.6 is 0 Å². The zero-order chi connectivity index (χ0) is 44.1. The third kappa shape index (κ3) is 8.27. The number of methoxy groups -OCH3 is 1. The Bertz CT molecular complexity index is 2590. The SMILES string of the molecule is COC(=O)N[C@H](C(=O)N1CCC[C@H]1c1nc2ccc(C3CCC(c4ccc5nc([C@@H]6CCCN6C(=O)[C@@H](NC(=O)O)C(C)C)[nH]c5c4)=C3c3ccc(C4CC4)cc3)cc2[nH]1)C(C)C. The lowest BCUT2D eigenvalue weighted by Gasteiger charge is -2.29. The number of benzene rings is 3. The summed E-state index contributed by atoms with van der Waals surface area (Å²) in [6, 6.07) is 20.1. The number of imidazole rings is 2. The molecule has 1 unspecified atom stereocenters. The highest BCUT2D eigenvalue weighted by molar-refractivity contribution is 5.98. The highest BCUT2D eigenvalue weighted by atomic mass is 16.5. The van der Waals surface area contributed by atoms with E-state index in [1.807, 2.05) is 32.6 Å². The second kappa shape index (κ2) is 17.2. The van der Waals surface area contributed by atoms with Crippen molar-refractivity contribution in [2.75, 3.05) is 20.2 Å². The maximum Gasteiger partial charge on any atom is 0.407 e. The van der Waals surface area contributed by atoms with Gasteiger partial charge in [0.05, 0.1) is 41.3 Å². The van der Waals surface area contributed by atoms with Crippen molar-refractivity contribution in [1.82, 2.24) is 40.4 Å². The molecular weight excluding hydrogens is 797 g/mol.